The van der Waals surface area contributed by atoms with Crippen LogP contribution >= 0.6 is 0 Å². The first-order chi connectivity index (χ1) is 12.1. The van der Waals surface area contributed by atoms with E-state index < -0.39 is 0 Å². The van der Waals surface area contributed by atoms with Crippen molar-refractivity contribution in [3.63, 3.8) is 0 Å². The fraction of sp³-hybridized carbons (Fsp3) is 0.158. The number of carbonyl (C=O) groups is 1. The molecule has 0 aromatic carbocycles. The Bertz CT molecular complexity index is 888. The van der Waals surface area contributed by atoms with Crippen molar-refractivity contribution in [2.24, 2.45) is 0 Å². The van der Waals surface area contributed by atoms with Crippen LogP contribution in [0.15, 0.2) is 54.9 Å². The van der Waals surface area contributed by atoms with E-state index in [9.17, 15) is 4.79 Å². The summed E-state index contributed by atoms with van der Waals surface area (Å²) in [5.74, 6) is 1.29. The first-order valence-corrected chi connectivity index (χ1v) is 7.98. The van der Waals surface area contributed by atoms with Gasteiger partial charge in [0, 0.05) is 31.1 Å². The maximum atomic E-state index is 12.5. The molecule has 0 radical (unpaired) electrons. The van der Waals surface area contributed by atoms with Crippen LogP contribution in [0.2, 0.25) is 0 Å². The minimum absolute atomic E-state index is 0. The van der Waals surface area contributed by atoms with Crippen LogP contribution in [-0.4, -0.2) is 20.9 Å². The predicted octanol–water partition coefficient (Wildman–Crippen LogP) is 4.03. The van der Waals surface area contributed by atoms with Crippen molar-refractivity contribution in [1.82, 2.24) is 15.0 Å². The molecule has 3 heterocycles. The summed E-state index contributed by atoms with van der Waals surface area (Å²) in [4.78, 5) is 25.1. The summed E-state index contributed by atoms with van der Waals surface area (Å²) in [6.45, 7) is 3.82. The fourth-order valence-electron chi connectivity index (χ4n) is 2.28. The highest BCUT2D eigenvalue weighted by molar-refractivity contribution is 6.02. The molecular formula is C19H20N4O2. The normalized spacial score (nSPS) is 10.3. The summed E-state index contributed by atoms with van der Waals surface area (Å²) in [5, 5.41) is 2.77. The molecule has 0 saturated heterocycles. The highest BCUT2D eigenvalue weighted by atomic mass is 16.5. The van der Waals surface area contributed by atoms with Gasteiger partial charge in [0.25, 0.3) is 5.91 Å². The summed E-state index contributed by atoms with van der Waals surface area (Å²) in [7, 11) is 0. The van der Waals surface area contributed by atoms with E-state index in [1.54, 1.807) is 42.7 Å². The Balaban J connectivity index is 0.00000243. The van der Waals surface area contributed by atoms with Gasteiger partial charge in [-0.3, -0.25) is 9.78 Å². The van der Waals surface area contributed by atoms with E-state index in [4.69, 9.17) is 4.74 Å². The van der Waals surface area contributed by atoms with Crippen molar-refractivity contribution in [1.29, 1.82) is 0 Å². The lowest BCUT2D eigenvalue weighted by Crippen LogP contribution is -2.15. The topological polar surface area (TPSA) is 77.0 Å². The van der Waals surface area contributed by atoms with E-state index in [-0.39, 0.29) is 13.0 Å². The van der Waals surface area contributed by atoms with Crippen LogP contribution in [0.25, 0.3) is 0 Å². The molecule has 0 fully saturated rings. The highest BCUT2D eigenvalue weighted by Crippen LogP contribution is 2.22. The van der Waals surface area contributed by atoms with Crippen LogP contribution in [0.3, 0.4) is 0 Å². The van der Waals surface area contributed by atoms with E-state index in [1.807, 2.05) is 26.0 Å². The number of carbonyl (C=O) groups excluding carboxylic acids is 1. The van der Waals surface area contributed by atoms with Crippen LogP contribution in [0, 0.1) is 6.92 Å². The number of anilines is 1. The molecule has 0 aliphatic heterocycles. The van der Waals surface area contributed by atoms with Gasteiger partial charge >= 0.3 is 0 Å². The van der Waals surface area contributed by atoms with Gasteiger partial charge in [-0.05, 0) is 37.6 Å². The monoisotopic (exact) mass is 336 g/mol. The van der Waals surface area contributed by atoms with Gasteiger partial charge in [-0.2, -0.15) is 0 Å². The number of rotatable bonds is 5. The average molecular weight is 336 g/mol. The largest absolute Gasteiger partial charge is 0.456 e. The van der Waals surface area contributed by atoms with Crippen LogP contribution in [0.5, 0.6) is 11.5 Å². The van der Waals surface area contributed by atoms with Crippen molar-refractivity contribution in [3.05, 3.63) is 71.9 Å². The Labute approximate surface area is 147 Å². The fourth-order valence-corrected chi connectivity index (χ4v) is 2.28. The average Bonchev–Trinajstić information content (AvgIpc) is 2.62. The Hall–Kier alpha value is -3.28. The molecule has 25 heavy (non-hydrogen) atoms. The number of pyridine rings is 3. The SMILES string of the molecule is CCc1cccc(NC(=O)c2cc(Oc3cccnc3)cc(C)n2)n1.[HH]. The molecule has 128 valence electrons. The molecule has 0 saturated carbocycles. The minimum Gasteiger partial charge on any atom is -0.456 e. The smallest absolute Gasteiger partial charge is 0.275 e. The molecule has 0 aliphatic carbocycles. The van der Waals surface area contributed by atoms with Crippen molar-refractivity contribution < 1.29 is 11.0 Å². The Morgan fingerprint density at radius 1 is 1.16 bits per heavy atom. The van der Waals surface area contributed by atoms with E-state index in [1.165, 1.54) is 0 Å². The molecular weight excluding hydrogens is 316 g/mol. The minimum atomic E-state index is -0.333. The number of amides is 1. The summed E-state index contributed by atoms with van der Waals surface area (Å²) < 4.78 is 5.74. The van der Waals surface area contributed by atoms with Gasteiger partial charge in [-0.15, -0.1) is 0 Å². The Morgan fingerprint density at radius 2 is 2.04 bits per heavy atom. The number of hydrogen-bond donors (Lipinski definition) is 1. The highest BCUT2D eigenvalue weighted by Gasteiger charge is 2.12. The summed E-state index contributed by atoms with van der Waals surface area (Å²) >= 11 is 0. The lowest BCUT2D eigenvalue weighted by molar-refractivity contribution is 0.102. The van der Waals surface area contributed by atoms with Gasteiger partial charge in [0.05, 0.1) is 6.20 Å². The number of aromatic nitrogens is 3. The number of hydrogen-bond acceptors (Lipinski definition) is 5. The molecule has 6 heteroatoms. The molecule has 1 amide bonds. The summed E-state index contributed by atoms with van der Waals surface area (Å²) in [5.41, 5.74) is 1.86. The number of nitrogens with zero attached hydrogens (tertiary/aromatic N) is 3. The Morgan fingerprint density at radius 3 is 2.80 bits per heavy atom. The van der Waals surface area contributed by atoms with Crippen molar-refractivity contribution in [2.75, 3.05) is 5.32 Å². The van der Waals surface area contributed by atoms with Gasteiger partial charge in [-0.25, -0.2) is 9.97 Å². The number of ether oxygens (including phenoxy) is 1. The third-order valence-electron chi connectivity index (χ3n) is 3.44. The molecule has 0 unspecified atom stereocenters. The Kier molecular flexibility index (Phi) is 4.99. The molecule has 0 spiro atoms. The molecule has 1 N–H and O–H groups in total. The van der Waals surface area contributed by atoms with Crippen molar-refractivity contribution in [2.45, 2.75) is 20.3 Å². The molecule has 0 aliphatic rings. The molecule has 0 bridgehead atoms. The van der Waals surface area contributed by atoms with Gasteiger partial charge in [-0.1, -0.05) is 13.0 Å². The van der Waals surface area contributed by atoms with Crippen LogP contribution in [-0.2, 0) is 6.42 Å². The maximum Gasteiger partial charge on any atom is 0.275 e. The van der Waals surface area contributed by atoms with E-state index in [0.717, 1.165) is 12.1 Å². The summed E-state index contributed by atoms with van der Waals surface area (Å²) in [6, 6.07) is 12.5. The molecule has 6 nitrogen and oxygen atoms in total. The van der Waals surface area contributed by atoms with E-state index in [2.05, 4.69) is 20.3 Å². The van der Waals surface area contributed by atoms with Crippen LogP contribution < -0.4 is 10.1 Å². The number of aryl methyl sites for hydroxylation is 2. The van der Waals surface area contributed by atoms with E-state index in [0.29, 0.717) is 23.0 Å². The predicted molar refractivity (Wildman–Crippen MR) is 97.0 cm³/mol. The molecule has 0 atom stereocenters. The zero-order chi connectivity index (χ0) is 17.6. The zero-order valence-electron chi connectivity index (χ0n) is 14.1. The first kappa shape index (κ1) is 16.6. The second-order valence-electron chi connectivity index (χ2n) is 5.44. The molecule has 3 aromatic heterocycles. The van der Waals surface area contributed by atoms with Gasteiger partial charge < -0.3 is 10.1 Å². The van der Waals surface area contributed by atoms with Crippen LogP contribution in [0.1, 0.15) is 30.2 Å². The van der Waals surface area contributed by atoms with Crippen LogP contribution in [0.4, 0.5) is 5.82 Å². The van der Waals surface area contributed by atoms with Crippen molar-refractivity contribution in [3.8, 4) is 11.5 Å². The third-order valence-corrected chi connectivity index (χ3v) is 3.44. The van der Waals surface area contributed by atoms with Crippen molar-refractivity contribution >= 4 is 11.7 Å². The second kappa shape index (κ2) is 7.53. The maximum absolute atomic E-state index is 12.5. The lowest BCUT2D eigenvalue weighted by Gasteiger charge is -2.09. The molecule has 3 aromatic rings. The molecule has 3 rings (SSSR count). The lowest BCUT2D eigenvalue weighted by atomic mass is 10.2. The zero-order valence-corrected chi connectivity index (χ0v) is 14.1. The summed E-state index contributed by atoms with van der Waals surface area (Å²) in [6.07, 6.45) is 4.08. The third kappa shape index (κ3) is 4.38. The standard InChI is InChI=1S/C19H18N4O2.H2/c1-3-14-6-4-8-18(22-14)23-19(24)17-11-16(10-13(2)21-17)25-15-7-5-9-20-12-15;/h4-12H,3H2,1-2H3,(H,22,23,24);1H. The van der Waals surface area contributed by atoms with Gasteiger partial charge in [0.15, 0.2) is 0 Å². The quantitative estimate of drug-likeness (QED) is 0.761. The van der Waals surface area contributed by atoms with E-state index >= 15 is 0 Å². The van der Waals surface area contributed by atoms with Gasteiger partial charge in [0.2, 0.25) is 0 Å². The number of nitrogens with one attached hydrogen (secondary N) is 1. The first-order valence-electron chi connectivity index (χ1n) is 7.98. The second-order valence-corrected chi connectivity index (χ2v) is 5.44. The van der Waals surface area contributed by atoms with Gasteiger partial charge in [0.1, 0.15) is 23.0 Å².